The minimum atomic E-state index is 0.520. The number of H-pyrrole nitrogens is 1. The Morgan fingerprint density at radius 3 is 2.67 bits per heavy atom. The van der Waals surface area contributed by atoms with Crippen molar-refractivity contribution in [2.45, 2.75) is 34.2 Å². The number of rotatable bonds is 3. The minimum absolute atomic E-state index is 0.520. The summed E-state index contributed by atoms with van der Waals surface area (Å²) in [6, 6.07) is 4.05. The van der Waals surface area contributed by atoms with E-state index in [9.17, 15) is 0 Å². The molecule has 0 saturated heterocycles. The monoisotopic (exact) mass is 262 g/mol. The van der Waals surface area contributed by atoms with Crippen molar-refractivity contribution in [3.63, 3.8) is 0 Å². The molecular formula is C13H18N4S. The van der Waals surface area contributed by atoms with Crippen LogP contribution in [0.25, 0.3) is 11.4 Å². The van der Waals surface area contributed by atoms with E-state index >= 15 is 0 Å². The van der Waals surface area contributed by atoms with Crippen molar-refractivity contribution in [3.8, 4) is 11.4 Å². The summed E-state index contributed by atoms with van der Waals surface area (Å²) in [5.74, 6) is 1.39. The van der Waals surface area contributed by atoms with Gasteiger partial charge in [0.1, 0.15) is 0 Å². The van der Waals surface area contributed by atoms with E-state index in [2.05, 4.69) is 35.1 Å². The molecule has 0 aliphatic heterocycles. The zero-order valence-corrected chi connectivity index (χ0v) is 12.0. The fourth-order valence-electron chi connectivity index (χ4n) is 1.98. The number of aromatic amines is 1. The smallest absolute Gasteiger partial charge is 0.195 e. The van der Waals surface area contributed by atoms with Crippen LogP contribution >= 0.6 is 12.2 Å². The first-order chi connectivity index (χ1) is 8.49. The van der Waals surface area contributed by atoms with Gasteiger partial charge in [0.25, 0.3) is 0 Å². The molecule has 0 aliphatic carbocycles. The molecule has 0 bridgehead atoms. The lowest BCUT2D eigenvalue weighted by atomic mass is 10.1. The summed E-state index contributed by atoms with van der Waals surface area (Å²) in [4.78, 5) is 4.48. The molecule has 0 amide bonds. The average molecular weight is 262 g/mol. The Bertz CT molecular complexity index is 610. The second-order valence-electron chi connectivity index (χ2n) is 4.94. The number of hydrogen-bond acceptors (Lipinski definition) is 3. The predicted octanol–water partition coefficient (Wildman–Crippen LogP) is 3.28. The van der Waals surface area contributed by atoms with Gasteiger partial charge in [0.2, 0.25) is 0 Å². The van der Waals surface area contributed by atoms with E-state index in [0.717, 1.165) is 29.3 Å². The molecule has 0 radical (unpaired) electrons. The van der Waals surface area contributed by atoms with Crippen molar-refractivity contribution < 1.29 is 0 Å². The molecule has 1 N–H and O–H groups in total. The van der Waals surface area contributed by atoms with E-state index in [4.69, 9.17) is 12.2 Å². The Hall–Kier alpha value is -1.49. The maximum atomic E-state index is 5.28. The molecule has 0 atom stereocenters. The molecule has 96 valence electrons. The van der Waals surface area contributed by atoms with Crippen LogP contribution in [0, 0.1) is 24.5 Å². The summed E-state index contributed by atoms with van der Waals surface area (Å²) >= 11 is 5.28. The SMILES string of the molecule is Cc1ccc(-c2n[nH]c(=S)n2CC(C)C)c(C)n1. The summed E-state index contributed by atoms with van der Waals surface area (Å²) in [6.45, 7) is 9.18. The van der Waals surface area contributed by atoms with Gasteiger partial charge in [0.15, 0.2) is 10.6 Å². The average Bonchev–Trinajstić information content (AvgIpc) is 2.60. The Morgan fingerprint density at radius 2 is 2.06 bits per heavy atom. The summed E-state index contributed by atoms with van der Waals surface area (Å²) in [5, 5.41) is 7.21. The Balaban J connectivity index is 2.54. The van der Waals surface area contributed by atoms with E-state index in [1.165, 1.54) is 0 Å². The van der Waals surface area contributed by atoms with Crippen molar-refractivity contribution >= 4 is 12.2 Å². The van der Waals surface area contributed by atoms with Crippen LogP contribution in [-0.2, 0) is 6.54 Å². The largest absolute Gasteiger partial charge is 0.300 e. The maximum Gasteiger partial charge on any atom is 0.195 e. The molecule has 0 aliphatic rings. The van der Waals surface area contributed by atoms with Crippen LogP contribution in [0.3, 0.4) is 0 Å². The Labute approximate surface area is 112 Å². The highest BCUT2D eigenvalue weighted by Gasteiger charge is 2.12. The lowest BCUT2D eigenvalue weighted by molar-refractivity contribution is 0.521. The first kappa shape index (κ1) is 13.0. The number of nitrogens with one attached hydrogen (secondary N) is 1. The van der Waals surface area contributed by atoms with Crippen molar-refractivity contribution in [2.24, 2.45) is 5.92 Å². The van der Waals surface area contributed by atoms with E-state index in [0.29, 0.717) is 10.7 Å². The van der Waals surface area contributed by atoms with Gasteiger partial charge in [0.05, 0.1) is 0 Å². The van der Waals surface area contributed by atoms with Gasteiger partial charge in [-0.3, -0.25) is 14.6 Å². The number of hydrogen-bond donors (Lipinski definition) is 1. The van der Waals surface area contributed by atoms with Gasteiger partial charge >= 0.3 is 0 Å². The molecular weight excluding hydrogens is 244 g/mol. The van der Waals surface area contributed by atoms with Crippen LogP contribution in [0.1, 0.15) is 25.2 Å². The number of pyridine rings is 1. The van der Waals surface area contributed by atoms with E-state index in [-0.39, 0.29) is 0 Å². The second kappa shape index (κ2) is 5.02. The minimum Gasteiger partial charge on any atom is -0.300 e. The number of aromatic nitrogens is 4. The van der Waals surface area contributed by atoms with Gasteiger partial charge in [-0.2, -0.15) is 5.10 Å². The maximum absolute atomic E-state index is 5.28. The van der Waals surface area contributed by atoms with Crippen LogP contribution in [0.5, 0.6) is 0 Å². The highest BCUT2D eigenvalue weighted by atomic mass is 32.1. The molecule has 0 unspecified atom stereocenters. The second-order valence-corrected chi connectivity index (χ2v) is 5.33. The first-order valence-corrected chi connectivity index (χ1v) is 6.49. The van der Waals surface area contributed by atoms with E-state index in [1.54, 1.807) is 0 Å². The van der Waals surface area contributed by atoms with Gasteiger partial charge in [-0.05, 0) is 44.1 Å². The zero-order valence-electron chi connectivity index (χ0n) is 11.2. The molecule has 2 rings (SSSR count). The zero-order chi connectivity index (χ0) is 13.3. The Morgan fingerprint density at radius 1 is 1.33 bits per heavy atom. The third kappa shape index (κ3) is 2.51. The fourth-order valence-corrected chi connectivity index (χ4v) is 2.19. The molecule has 0 fully saturated rings. The summed E-state index contributed by atoms with van der Waals surface area (Å²) in [7, 11) is 0. The molecule has 18 heavy (non-hydrogen) atoms. The lowest BCUT2D eigenvalue weighted by Crippen LogP contribution is -2.07. The lowest BCUT2D eigenvalue weighted by Gasteiger charge is -2.10. The molecule has 0 spiro atoms. The van der Waals surface area contributed by atoms with Crippen molar-refractivity contribution in [3.05, 3.63) is 28.3 Å². The van der Waals surface area contributed by atoms with Crippen LogP contribution in [0.2, 0.25) is 0 Å². The molecule has 5 heteroatoms. The summed E-state index contributed by atoms with van der Waals surface area (Å²) in [5.41, 5.74) is 3.03. The predicted molar refractivity (Wildman–Crippen MR) is 75.0 cm³/mol. The first-order valence-electron chi connectivity index (χ1n) is 6.09. The van der Waals surface area contributed by atoms with Gasteiger partial charge in [-0.1, -0.05) is 13.8 Å². The Kier molecular flexibility index (Phi) is 3.61. The van der Waals surface area contributed by atoms with E-state index in [1.807, 2.05) is 24.5 Å². The van der Waals surface area contributed by atoms with Crippen molar-refractivity contribution in [1.29, 1.82) is 0 Å². The van der Waals surface area contributed by atoms with Gasteiger partial charge < -0.3 is 0 Å². The van der Waals surface area contributed by atoms with Crippen LogP contribution in [-0.4, -0.2) is 19.7 Å². The van der Waals surface area contributed by atoms with Gasteiger partial charge in [0, 0.05) is 23.5 Å². The quantitative estimate of drug-likeness (QED) is 0.863. The third-order valence-electron chi connectivity index (χ3n) is 2.77. The topological polar surface area (TPSA) is 46.5 Å². The highest BCUT2D eigenvalue weighted by Crippen LogP contribution is 2.21. The third-order valence-corrected chi connectivity index (χ3v) is 3.08. The van der Waals surface area contributed by atoms with Crippen molar-refractivity contribution in [2.75, 3.05) is 0 Å². The van der Waals surface area contributed by atoms with E-state index < -0.39 is 0 Å². The summed E-state index contributed by atoms with van der Waals surface area (Å²) < 4.78 is 2.71. The van der Waals surface area contributed by atoms with Gasteiger partial charge in [-0.25, -0.2) is 0 Å². The highest BCUT2D eigenvalue weighted by molar-refractivity contribution is 7.71. The van der Waals surface area contributed by atoms with Crippen LogP contribution in [0.4, 0.5) is 0 Å². The number of nitrogens with zero attached hydrogens (tertiary/aromatic N) is 3. The molecule has 2 aromatic rings. The molecule has 2 aromatic heterocycles. The molecule has 0 aromatic carbocycles. The van der Waals surface area contributed by atoms with Crippen LogP contribution < -0.4 is 0 Å². The fraction of sp³-hybridized carbons (Fsp3) is 0.462. The number of aryl methyl sites for hydroxylation is 2. The standard InChI is InChI=1S/C13H18N4S/c1-8(2)7-17-12(15-16-13(17)18)11-6-5-9(3)14-10(11)4/h5-6,8H,7H2,1-4H3,(H,16,18). The molecule has 4 nitrogen and oxygen atoms in total. The van der Waals surface area contributed by atoms with Crippen molar-refractivity contribution in [1.82, 2.24) is 19.7 Å². The van der Waals surface area contributed by atoms with Crippen LogP contribution in [0.15, 0.2) is 12.1 Å². The van der Waals surface area contributed by atoms with Gasteiger partial charge in [-0.15, -0.1) is 0 Å². The molecule has 2 heterocycles. The molecule has 0 saturated carbocycles. The normalized spacial score (nSPS) is 11.2. The summed E-state index contributed by atoms with van der Waals surface area (Å²) in [6.07, 6.45) is 0.